The van der Waals surface area contributed by atoms with Gasteiger partial charge in [0.25, 0.3) is 0 Å². The number of carboxylic acid groups (broad SMARTS) is 1. The van der Waals surface area contributed by atoms with Crippen molar-refractivity contribution in [3.8, 4) is 0 Å². The summed E-state index contributed by atoms with van der Waals surface area (Å²) < 4.78 is 13.4. The zero-order valence-electron chi connectivity index (χ0n) is 13.2. The second-order valence-electron chi connectivity index (χ2n) is 5.90. The van der Waals surface area contributed by atoms with Crippen LogP contribution >= 0.6 is 11.8 Å². The molecule has 126 valence electrons. The van der Waals surface area contributed by atoms with Crippen molar-refractivity contribution in [1.82, 2.24) is 10.2 Å². The molecular weight excluding hydrogens is 319 g/mol. The van der Waals surface area contributed by atoms with Gasteiger partial charge in [-0.3, -0.25) is 4.79 Å². The third kappa shape index (κ3) is 4.60. The Kier molecular flexibility index (Phi) is 5.87. The van der Waals surface area contributed by atoms with Crippen LogP contribution in [0.4, 0.5) is 9.18 Å². The summed E-state index contributed by atoms with van der Waals surface area (Å²) in [5.74, 6) is -1.60. The number of nitrogens with one attached hydrogen (secondary N) is 1. The van der Waals surface area contributed by atoms with E-state index < -0.39 is 11.9 Å². The number of carbonyl (C=O) groups is 2. The summed E-state index contributed by atoms with van der Waals surface area (Å²) in [7, 11) is 0. The van der Waals surface area contributed by atoms with Gasteiger partial charge in [-0.2, -0.15) is 0 Å². The number of urea groups is 1. The van der Waals surface area contributed by atoms with Crippen LogP contribution in [0.2, 0.25) is 0 Å². The number of benzene rings is 1. The second kappa shape index (κ2) is 7.68. The highest BCUT2D eigenvalue weighted by atomic mass is 32.2. The van der Waals surface area contributed by atoms with E-state index in [0.717, 1.165) is 4.90 Å². The van der Waals surface area contributed by atoms with Gasteiger partial charge in [0.05, 0.1) is 5.92 Å². The van der Waals surface area contributed by atoms with Gasteiger partial charge in [-0.25, -0.2) is 9.18 Å². The first kappa shape index (κ1) is 17.6. The van der Waals surface area contributed by atoms with E-state index in [1.165, 1.54) is 28.8 Å². The Morgan fingerprint density at radius 1 is 1.43 bits per heavy atom. The van der Waals surface area contributed by atoms with Crippen LogP contribution in [-0.4, -0.2) is 41.4 Å². The highest BCUT2D eigenvalue weighted by Crippen LogP contribution is 2.23. The number of hydrogen-bond donors (Lipinski definition) is 2. The maximum absolute atomic E-state index is 13.4. The minimum atomic E-state index is -0.871. The van der Waals surface area contributed by atoms with Crippen molar-refractivity contribution in [3.05, 3.63) is 29.6 Å². The summed E-state index contributed by atoms with van der Waals surface area (Å²) in [5, 5.41) is 11.9. The standard InChI is InChI=1S/C16H21FN2O3S/c1-10-5-12(15(20)21)9-19(8-10)16(22)18-7-11-6-13(17)3-4-14(11)23-2/h3-4,6,10,12H,5,7-9H2,1-2H3,(H,18,22)(H,20,21). The molecule has 1 heterocycles. The molecule has 1 aromatic rings. The molecule has 1 aliphatic heterocycles. The molecular formula is C16H21FN2O3S. The van der Waals surface area contributed by atoms with Crippen LogP contribution in [0.1, 0.15) is 18.9 Å². The minimum Gasteiger partial charge on any atom is -0.481 e. The molecule has 2 unspecified atom stereocenters. The van der Waals surface area contributed by atoms with Crippen molar-refractivity contribution in [2.24, 2.45) is 11.8 Å². The molecule has 1 aromatic carbocycles. The lowest BCUT2D eigenvalue weighted by atomic mass is 9.91. The van der Waals surface area contributed by atoms with Crippen LogP contribution < -0.4 is 5.32 Å². The summed E-state index contributed by atoms with van der Waals surface area (Å²) in [6.07, 6.45) is 2.47. The number of halogens is 1. The molecule has 23 heavy (non-hydrogen) atoms. The van der Waals surface area contributed by atoms with Crippen LogP contribution in [0, 0.1) is 17.7 Å². The zero-order chi connectivity index (χ0) is 17.0. The molecule has 1 saturated heterocycles. The number of rotatable bonds is 4. The summed E-state index contributed by atoms with van der Waals surface area (Å²) in [6.45, 7) is 2.90. The highest BCUT2D eigenvalue weighted by molar-refractivity contribution is 7.98. The number of likely N-dealkylation sites (tertiary alicyclic amines) is 1. The normalized spacial score (nSPS) is 21.1. The topological polar surface area (TPSA) is 69.6 Å². The average Bonchev–Trinajstić information content (AvgIpc) is 2.52. The third-order valence-electron chi connectivity index (χ3n) is 3.97. The van der Waals surface area contributed by atoms with E-state index in [1.54, 1.807) is 6.07 Å². The summed E-state index contributed by atoms with van der Waals surface area (Å²) in [5.41, 5.74) is 0.714. The van der Waals surface area contributed by atoms with Crippen molar-refractivity contribution >= 4 is 23.8 Å². The Morgan fingerprint density at radius 2 is 2.17 bits per heavy atom. The van der Waals surface area contributed by atoms with Crippen LogP contribution in [0.3, 0.4) is 0 Å². The maximum atomic E-state index is 13.4. The molecule has 0 saturated carbocycles. The lowest BCUT2D eigenvalue weighted by Gasteiger charge is -2.34. The van der Waals surface area contributed by atoms with Crippen LogP contribution in [0.5, 0.6) is 0 Å². The average molecular weight is 340 g/mol. The number of aliphatic carboxylic acids is 1. The Hall–Kier alpha value is -1.76. The van der Waals surface area contributed by atoms with E-state index in [1.807, 2.05) is 13.2 Å². The van der Waals surface area contributed by atoms with Gasteiger partial charge in [-0.1, -0.05) is 6.92 Å². The smallest absolute Gasteiger partial charge is 0.317 e. The Morgan fingerprint density at radius 3 is 2.83 bits per heavy atom. The fraction of sp³-hybridized carbons (Fsp3) is 0.500. The largest absolute Gasteiger partial charge is 0.481 e. The zero-order valence-corrected chi connectivity index (χ0v) is 14.0. The van der Waals surface area contributed by atoms with Crippen LogP contribution in [-0.2, 0) is 11.3 Å². The number of nitrogens with zero attached hydrogens (tertiary/aromatic N) is 1. The van der Waals surface area contributed by atoms with Crippen molar-refractivity contribution < 1.29 is 19.1 Å². The molecule has 7 heteroatoms. The maximum Gasteiger partial charge on any atom is 0.317 e. The first-order valence-electron chi connectivity index (χ1n) is 7.48. The molecule has 0 aliphatic carbocycles. The monoisotopic (exact) mass is 340 g/mol. The number of piperidine rings is 1. The molecule has 0 spiro atoms. The second-order valence-corrected chi connectivity index (χ2v) is 6.74. The van der Waals surface area contributed by atoms with Crippen LogP contribution in [0.15, 0.2) is 23.1 Å². The molecule has 2 atom stereocenters. The van der Waals surface area contributed by atoms with Gasteiger partial charge in [-0.15, -0.1) is 11.8 Å². The van der Waals surface area contributed by atoms with Gasteiger partial charge < -0.3 is 15.3 Å². The molecule has 2 rings (SSSR count). The molecule has 2 N–H and O–H groups in total. The van der Waals surface area contributed by atoms with E-state index in [2.05, 4.69) is 5.32 Å². The van der Waals surface area contributed by atoms with E-state index >= 15 is 0 Å². The van der Waals surface area contributed by atoms with Crippen molar-refractivity contribution in [2.45, 2.75) is 24.8 Å². The Bertz CT molecular complexity index is 597. The molecule has 1 fully saturated rings. The quantitative estimate of drug-likeness (QED) is 0.827. The Labute approximate surface area is 139 Å². The van der Waals surface area contributed by atoms with Gasteiger partial charge in [-0.05, 0) is 42.4 Å². The first-order chi connectivity index (χ1) is 10.9. The molecule has 5 nitrogen and oxygen atoms in total. The summed E-state index contributed by atoms with van der Waals surface area (Å²) in [6, 6.07) is 4.18. The summed E-state index contributed by atoms with van der Waals surface area (Å²) in [4.78, 5) is 25.9. The first-order valence-corrected chi connectivity index (χ1v) is 8.71. The molecule has 1 aliphatic rings. The van der Waals surface area contributed by atoms with E-state index in [0.29, 0.717) is 18.5 Å². The van der Waals surface area contributed by atoms with E-state index in [9.17, 15) is 14.0 Å². The van der Waals surface area contributed by atoms with Gasteiger partial charge in [0.1, 0.15) is 5.82 Å². The summed E-state index contributed by atoms with van der Waals surface area (Å²) >= 11 is 1.49. The predicted molar refractivity (Wildman–Crippen MR) is 86.9 cm³/mol. The number of hydrogen-bond acceptors (Lipinski definition) is 3. The van der Waals surface area contributed by atoms with Gasteiger partial charge in [0.15, 0.2) is 0 Å². The fourth-order valence-electron chi connectivity index (χ4n) is 2.86. The third-order valence-corrected chi connectivity index (χ3v) is 4.81. The van der Waals surface area contributed by atoms with Gasteiger partial charge >= 0.3 is 12.0 Å². The number of amides is 2. The number of thioether (sulfide) groups is 1. The van der Waals surface area contributed by atoms with E-state index in [4.69, 9.17) is 5.11 Å². The van der Waals surface area contributed by atoms with Crippen molar-refractivity contribution in [2.75, 3.05) is 19.3 Å². The van der Waals surface area contributed by atoms with E-state index in [-0.39, 0.29) is 30.9 Å². The van der Waals surface area contributed by atoms with Crippen molar-refractivity contribution in [1.29, 1.82) is 0 Å². The molecule has 0 radical (unpaired) electrons. The minimum absolute atomic E-state index is 0.145. The lowest BCUT2D eigenvalue weighted by molar-refractivity contribution is -0.143. The Balaban J connectivity index is 1.99. The number of carboxylic acids is 1. The molecule has 0 bridgehead atoms. The van der Waals surface area contributed by atoms with Crippen LogP contribution in [0.25, 0.3) is 0 Å². The highest BCUT2D eigenvalue weighted by Gasteiger charge is 2.31. The molecule has 2 amide bonds. The molecule has 0 aromatic heterocycles. The fourth-order valence-corrected chi connectivity index (χ4v) is 3.46. The van der Waals surface area contributed by atoms with Gasteiger partial charge in [0.2, 0.25) is 0 Å². The van der Waals surface area contributed by atoms with Gasteiger partial charge in [0, 0.05) is 24.5 Å². The number of carbonyl (C=O) groups excluding carboxylic acids is 1. The SMILES string of the molecule is CSc1ccc(F)cc1CNC(=O)N1CC(C)CC(C(=O)O)C1. The predicted octanol–water partition coefficient (Wildman–Crippen LogP) is 2.80. The van der Waals surface area contributed by atoms with Crippen molar-refractivity contribution in [3.63, 3.8) is 0 Å². The lowest BCUT2D eigenvalue weighted by Crippen LogP contribution is -2.49.